The van der Waals surface area contributed by atoms with Crippen LogP contribution in [0.5, 0.6) is 0 Å². The molecule has 0 bridgehead atoms. The highest BCUT2D eigenvalue weighted by Crippen LogP contribution is 2.27. The van der Waals surface area contributed by atoms with Crippen LogP contribution in [0.1, 0.15) is 10.4 Å². The first-order valence-electron chi connectivity index (χ1n) is 3.60. The third-order valence-corrected chi connectivity index (χ3v) is 1.63. The molecule has 0 aliphatic carbocycles. The van der Waals surface area contributed by atoms with Gasteiger partial charge in [-0.05, 0) is 12.1 Å². The zero-order valence-corrected chi connectivity index (χ0v) is 7.03. The number of halogens is 5. The van der Waals surface area contributed by atoms with Gasteiger partial charge in [0.1, 0.15) is 0 Å². The van der Waals surface area contributed by atoms with E-state index < -0.39 is 34.8 Å². The molecule has 0 atom stereocenters. The molecule has 0 spiro atoms. The maximum absolute atomic E-state index is 12.7. The Morgan fingerprint density at radius 1 is 1.20 bits per heavy atom. The van der Waals surface area contributed by atoms with Gasteiger partial charge in [0.05, 0.1) is 11.3 Å². The van der Waals surface area contributed by atoms with Crippen molar-refractivity contribution in [1.29, 1.82) is 0 Å². The summed E-state index contributed by atoms with van der Waals surface area (Å²) >= 11 is 0. The number of carbonyl (C=O) groups is 1. The van der Waals surface area contributed by atoms with Gasteiger partial charge in [-0.15, -0.1) is 0 Å². The van der Waals surface area contributed by atoms with Crippen LogP contribution in [0.4, 0.5) is 27.6 Å². The number of ketones is 1. The lowest BCUT2D eigenvalue weighted by Crippen LogP contribution is -2.24. The number of carbonyl (C=O) groups excluding carboxylic acids is 1. The van der Waals surface area contributed by atoms with Gasteiger partial charge in [-0.2, -0.15) is 13.2 Å². The van der Waals surface area contributed by atoms with Crippen LogP contribution < -0.4 is 5.73 Å². The van der Waals surface area contributed by atoms with Gasteiger partial charge < -0.3 is 5.73 Å². The molecular weight excluding hydrogens is 221 g/mol. The second kappa shape index (κ2) is 3.48. The zero-order valence-electron chi connectivity index (χ0n) is 7.03. The number of benzene rings is 1. The van der Waals surface area contributed by atoms with E-state index in [1.807, 2.05) is 0 Å². The van der Waals surface area contributed by atoms with Crippen molar-refractivity contribution in [2.45, 2.75) is 6.18 Å². The first-order chi connectivity index (χ1) is 6.75. The first kappa shape index (κ1) is 11.4. The second-order valence-electron chi connectivity index (χ2n) is 2.65. The molecule has 82 valence electrons. The second-order valence-corrected chi connectivity index (χ2v) is 2.65. The van der Waals surface area contributed by atoms with Gasteiger partial charge in [0.15, 0.2) is 11.6 Å². The Morgan fingerprint density at radius 2 is 1.73 bits per heavy atom. The molecule has 0 heterocycles. The van der Waals surface area contributed by atoms with Crippen molar-refractivity contribution >= 4 is 11.5 Å². The highest BCUT2D eigenvalue weighted by atomic mass is 19.4. The number of Topliss-reactive ketones (excluding diaryl/α,β-unsaturated/α-hetero) is 1. The molecule has 1 rings (SSSR count). The number of hydrogen-bond donors (Lipinski definition) is 1. The summed E-state index contributed by atoms with van der Waals surface area (Å²) in [7, 11) is 0. The predicted octanol–water partition coefficient (Wildman–Crippen LogP) is 2.29. The SMILES string of the molecule is Nc1c(C(=O)C(F)(F)F)ccc(F)c1F. The third kappa shape index (κ3) is 2.05. The van der Waals surface area contributed by atoms with Gasteiger partial charge in [0, 0.05) is 0 Å². The molecule has 0 amide bonds. The summed E-state index contributed by atoms with van der Waals surface area (Å²) in [6, 6.07) is 0.897. The Balaban J connectivity index is 3.29. The molecule has 0 saturated heterocycles. The van der Waals surface area contributed by atoms with Gasteiger partial charge in [-0.25, -0.2) is 8.78 Å². The standard InChI is InChI=1S/C8H4F5NO/c9-4-2-1-3(6(14)5(4)10)7(15)8(11,12)13/h1-2H,14H2. The lowest BCUT2D eigenvalue weighted by atomic mass is 10.1. The average Bonchev–Trinajstić information content (AvgIpc) is 2.12. The topological polar surface area (TPSA) is 43.1 Å². The van der Waals surface area contributed by atoms with Gasteiger partial charge in [0.2, 0.25) is 0 Å². The van der Waals surface area contributed by atoms with Crippen molar-refractivity contribution < 1.29 is 26.7 Å². The van der Waals surface area contributed by atoms with E-state index in [0.29, 0.717) is 12.1 Å². The predicted molar refractivity (Wildman–Crippen MR) is 41.2 cm³/mol. The number of nitrogen functional groups attached to an aromatic ring is 1. The molecule has 1 aromatic carbocycles. The molecule has 0 aliphatic heterocycles. The summed E-state index contributed by atoms with van der Waals surface area (Å²) in [5, 5.41) is 0. The van der Waals surface area contributed by atoms with E-state index in [4.69, 9.17) is 5.73 Å². The number of anilines is 1. The van der Waals surface area contributed by atoms with Gasteiger partial charge in [0.25, 0.3) is 5.78 Å². The molecule has 0 saturated carbocycles. The van der Waals surface area contributed by atoms with E-state index in [9.17, 15) is 26.7 Å². The Kier molecular flexibility index (Phi) is 2.65. The van der Waals surface area contributed by atoms with E-state index in [1.165, 1.54) is 0 Å². The lowest BCUT2D eigenvalue weighted by Gasteiger charge is -2.08. The molecule has 15 heavy (non-hydrogen) atoms. The third-order valence-electron chi connectivity index (χ3n) is 1.63. The maximum atomic E-state index is 12.7. The van der Waals surface area contributed by atoms with Crippen molar-refractivity contribution in [3.8, 4) is 0 Å². The fraction of sp³-hybridized carbons (Fsp3) is 0.125. The van der Waals surface area contributed by atoms with E-state index in [2.05, 4.69) is 0 Å². The Morgan fingerprint density at radius 3 is 2.20 bits per heavy atom. The molecule has 0 aliphatic rings. The van der Waals surface area contributed by atoms with Crippen LogP contribution in [-0.2, 0) is 0 Å². The molecule has 0 unspecified atom stereocenters. The van der Waals surface area contributed by atoms with Crippen LogP contribution in [-0.4, -0.2) is 12.0 Å². The van der Waals surface area contributed by atoms with E-state index in [0.717, 1.165) is 0 Å². The molecule has 2 nitrogen and oxygen atoms in total. The summed E-state index contributed by atoms with van der Waals surface area (Å²) in [6.07, 6.45) is -5.17. The maximum Gasteiger partial charge on any atom is 0.454 e. The minimum absolute atomic E-state index is 0.407. The van der Waals surface area contributed by atoms with Gasteiger partial charge in [-0.1, -0.05) is 0 Å². The molecule has 2 N–H and O–H groups in total. The van der Waals surface area contributed by atoms with Crippen LogP contribution in [0, 0.1) is 11.6 Å². The summed E-state index contributed by atoms with van der Waals surface area (Å²) in [4.78, 5) is 10.7. The molecule has 0 radical (unpaired) electrons. The van der Waals surface area contributed by atoms with E-state index in [-0.39, 0.29) is 0 Å². The quantitative estimate of drug-likeness (QED) is 0.452. The van der Waals surface area contributed by atoms with Crippen molar-refractivity contribution in [3.63, 3.8) is 0 Å². The molecular formula is C8H4F5NO. The Bertz CT molecular complexity index is 412. The smallest absolute Gasteiger partial charge is 0.396 e. The Hall–Kier alpha value is -1.66. The van der Waals surface area contributed by atoms with Crippen LogP contribution in [0.3, 0.4) is 0 Å². The van der Waals surface area contributed by atoms with Crippen LogP contribution in [0.2, 0.25) is 0 Å². The Labute approximate surface area is 80.5 Å². The van der Waals surface area contributed by atoms with Gasteiger partial charge in [-0.3, -0.25) is 4.79 Å². The number of nitrogens with two attached hydrogens (primary N) is 1. The van der Waals surface area contributed by atoms with Crippen molar-refractivity contribution in [3.05, 3.63) is 29.3 Å². The highest BCUT2D eigenvalue weighted by molar-refractivity contribution is 6.04. The fourth-order valence-electron chi connectivity index (χ4n) is 0.917. The van der Waals surface area contributed by atoms with Gasteiger partial charge >= 0.3 is 6.18 Å². The fourth-order valence-corrected chi connectivity index (χ4v) is 0.917. The first-order valence-corrected chi connectivity index (χ1v) is 3.60. The van der Waals surface area contributed by atoms with Crippen molar-refractivity contribution in [2.24, 2.45) is 0 Å². The molecule has 0 aromatic heterocycles. The monoisotopic (exact) mass is 225 g/mol. The number of rotatable bonds is 1. The van der Waals surface area contributed by atoms with Crippen LogP contribution in [0.15, 0.2) is 12.1 Å². The average molecular weight is 225 g/mol. The molecule has 1 aromatic rings. The van der Waals surface area contributed by atoms with Crippen molar-refractivity contribution in [2.75, 3.05) is 5.73 Å². The summed E-state index contributed by atoms with van der Waals surface area (Å²) < 4.78 is 61.0. The summed E-state index contributed by atoms with van der Waals surface area (Å²) in [5.41, 5.74) is 2.61. The summed E-state index contributed by atoms with van der Waals surface area (Å²) in [5.74, 6) is -5.38. The zero-order chi connectivity index (χ0) is 11.8. The molecule has 7 heteroatoms. The summed E-state index contributed by atoms with van der Waals surface area (Å²) in [6.45, 7) is 0. The number of hydrogen-bond acceptors (Lipinski definition) is 2. The molecule has 0 fully saturated rings. The minimum atomic E-state index is -5.17. The largest absolute Gasteiger partial charge is 0.454 e. The highest BCUT2D eigenvalue weighted by Gasteiger charge is 2.40. The number of alkyl halides is 3. The van der Waals surface area contributed by atoms with E-state index in [1.54, 1.807) is 0 Å². The van der Waals surface area contributed by atoms with E-state index >= 15 is 0 Å². The minimum Gasteiger partial charge on any atom is -0.396 e. The normalized spacial score (nSPS) is 11.5. The van der Waals surface area contributed by atoms with Crippen molar-refractivity contribution in [1.82, 2.24) is 0 Å². The van der Waals surface area contributed by atoms with Crippen LogP contribution >= 0.6 is 0 Å². The lowest BCUT2D eigenvalue weighted by molar-refractivity contribution is -0.0884. The van der Waals surface area contributed by atoms with Crippen LogP contribution in [0.25, 0.3) is 0 Å².